The highest BCUT2D eigenvalue weighted by Crippen LogP contribution is 2.32. The highest BCUT2D eigenvalue weighted by molar-refractivity contribution is 5.97. The number of carboxylic acid groups (broad SMARTS) is 2. The molecule has 0 atom stereocenters. The van der Waals surface area contributed by atoms with Crippen LogP contribution >= 0.6 is 0 Å². The number of pyridine rings is 1. The van der Waals surface area contributed by atoms with Gasteiger partial charge in [0.2, 0.25) is 0 Å². The molecule has 2 heterocycles. The Balaban J connectivity index is 0.000000406. The molecule has 0 spiro atoms. The van der Waals surface area contributed by atoms with Gasteiger partial charge in [-0.2, -0.15) is 13.2 Å². The van der Waals surface area contributed by atoms with Crippen molar-refractivity contribution < 1.29 is 33.0 Å². The summed E-state index contributed by atoms with van der Waals surface area (Å²) in [5.74, 6) is -3.66. The Labute approximate surface area is 192 Å². The summed E-state index contributed by atoms with van der Waals surface area (Å²) in [6, 6.07) is 14.0. The number of nitrogens with zero attached hydrogens (tertiary/aromatic N) is 1. The molecule has 3 N–H and O–H groups in total. The van der Waals surface area contributed by atoms with E-state index in [1.807, 2.05) is 31.5 Å². The molecule has 0 saturated carbocycles. The van der Waals surface area contributed by atoms with Gasteiger partial charge in [0.15, 0.2) is 0 Å². The lowest BCUT2D eigenvalue weighted by Crippen LogP contribution is -2.21. The number of aromatic carboxylic acids is 1. The number of carboxylic acids is 2. The first kappa shape index (κ1) is 24.5. The molecule has 4 rings (SSSR count). The summed E-state index contributed by atoms with van der Waals surface area (Å²) in [4.78, 5) is 28.0. The molecule has 0 saturated heterocycles. The fourth-order valence-corrected chi connectivity index (χ4v) is 3.39. The second kappa shape index (κ2) is 9.38. The van der Waals surface area contributed by atoms with Crippen LogP contribution in [0.1, 0.15) is 27.0 Å². The first-order valence-corrected chi connectivity index (χ1v) is 10.1. The number of alkyl halides is 3. The molecule has 176 valence electrons. The third-order valence-electron chi connectivity index (χ3n) is 5.38. The highest BCUT2D eigenvalue weighted by Gasteiger charge is 2.38. The van der Waals surface area contributed by atoms with Gasteiger partial charge in [-0.25, -0.2) is 14.6 Å². The summed E-state index contributed by atoms with van der Waals surface area (Å²) in [6.07, 6.45) is -1.28. The average Bonchev–Trinajstić information content (AvgIpc) is 3.18. The van der Waals surface area contributed by atoms with E-state index in [0.29, 0.717) is 5.56 Å². The van der Waals surface area contributed by atoms with Crippen LogP contribution in [0.5, 0.6) is 0 Å². The minimum Gasteiger partial charge on any atom is -0.478 e. The fourth-order valence-electron chi connectivity index (χ4n) is 3.39. The number of halogens is 3. The lowest BCUT2D eigenvalue weighted by molar-refractivity contribution is -0.192. The smallest absolute Gasteiger partial charge is 0.478 e. The van der Waals surface area contributed by atoms with Gasteiger partial charge in [-0.15, -0.1) is 0 Å². The van der Waals surface area contributed by atoms with Crippen LogP contribution in [-0.4, -0.2) is 38.3 Å². The van der Waals surface area contributed by atoms with Crippen LogP contribution in [0.15, 0.2) is 54.9 Å². The number of aromatic nitrogens is 2. The van der Waals surface area contributed by atoms with E-state index in [4.69, 9.17) is 9.90 Å². The molecule has 0 aliphatic carbocycles. The average molecular weight is 470 g/mol. The Kier molecular flexibility index (Phi) is 6.76. The van der Waals surface area contributed by atoms with Gasteiger partial charge in [-0.05, 0) is 60.7 Å². The van der Waals surface area contributed by atoms with E-state index in [9.17, 15) is 23.1 Å². The lowest BCUT2D eigenvalue weighted by atomic mass is 9.98. The van der Waals surface area contributed by atoms with E-state index < -0.39 is 18.1 Å². The quantitative estimate of drug-likeness (QED) is 0.333. The second-order valence-electron chi connectivity index (χ2n) is 7.76. The van der Waals surface area contributed by atoms with Crippen molar-refractivity contribution in [2.45, 2.75) is 26.9 Å². The van der Waals surface area contributed by atoms with Crippen molar-refractivity contribution in [1.82, 2.24) is 9.97 Å². The molecular formula is C25H21F3N2O4. The molecule has 2 aromatic carbocycles. The lowest BCUT2D eigenvalue weighted by Gasteiger charge is -2.07. The summed E-state index contributed by atoms with van der Waals surface area (Å²) in [7, 11) is 0. The number of H-pyrrole nitrogens is 1. The molecule has 0 fully saturated rings. The summed E-state index contributed by atoms with van der Waals surface area (Å²) in [5, 5.41) is 17.4. The Morgan fingerprint density at radius 2 is 1.47 bits per heavy atom. The largest absolute Gasteiger partial charge is 0.490 e. The third-order valence-corrected chi connectivity index (χ3v) is 5.38. The maximum absolute atomic E-state index is 11.3. The molecule has 2 aromatic heterocycles. The maximum atomic E-state index is 11.3. The van der Waals surface area contributed by atoms with Gasteiger partial charge in [0.05, 0.1) is 5.56 Å². The third kappa shape index (κ3) is 5.25. The zero-order valence-corrected chi connectivity index (χ0v) is 18.5. The predicted molar refractivity (Wildman–Crippen MR) is 122 cm³/mol. The molecule has 0 bridgehead atoms. The number of benzene rings is 2. The Morgan fingerprint density at radius 3 is 2.03 bits per heavy atom. The summed E-state index contributed by atoms with van der Waals surface area (Å²) < 4.78 is 31.7. The number of nitrogens with one attached hydrogen (secondary N) is 1. The number of aliphatic carboxylic acids is 1. The second-order valence-corrected chi connectivity index (χ2v) is 7.76. The van der Waals surface area contributed by atoms with E-state index in [-0.39, 0.29) is 0 Å². The molecule has 6 nitrogen and oxygen atoms in total. The van der Waals surface area contributed by atoms with Crippen LogP contribution in [0.25, 0.3) is 33.3 Å². The van der Waals surface area contributed by atoms with Gasteiger partial charge in [0.1, 0.15) is 5.65 Å². The summed E-state index contributed by atoms with van der Waals surface area (Å²) in [6.45, 7) is 6.04. The monoisotopic (exact) mass is 470 g/mol. The van der Waals surface area contributed by atoms with Crippen molar-refractivity contribution in [2.75, 3.05) is 0 Å². The highest BCUT2D eigenvalue weighted by atomic mass is 19.4. The molecule has 34 heavy (non-hydrogen) atoms. The molecule has 0 radical (unpaired) electrons. The first-order chi connectivity index (χ1) is 15.9. The van der Waals surface area contributed by atoms with E-state index in [2.05, 4.69) is 48.1 Å². The number of hydrogen-bond acceptors (Lipinski definition) is 3. The standard InChI is InChI=1S/C23H20N2O2.C2HF3O2/c1-13-4-5-16(8-14(13)2)18-10-20-21(12-25-22(20)24-11-18)17-6-7-19(23(26)27)15(3)9-17;3-2(4,5)1(6)7/h4-12H,1-3H3,(H,24,25)(H,26,27);(H,6,7). The number of rotatable bonds is 3. The fraction of sp³-hybridized carbons (Fsp3) is 0.160. The number of aromatic amines is 1. The minimum absolute atomic E-state index is 0.326. The van der Waals surface area contributed by atoms with Gasteiger partial charge in [-0.3, -0.25) is 0 Å². The summed E-state index contributed by atoms with van der Waals surface area (Å²) in [5.41, 5.74) is 8.59. The van der Waals surface area contributed by atoms with Crippen LogP contribution in [0.2, 0.25) is 0 Å². The first-order valence-electron chi connectivity index (χ1n) is 10.1. The van der Waals surface area contributed by atoms with Crippen molar-refractivity contribution >= 4 is 23.0 Å². The molecule has 4 aromatic rings. The Morgan fingerprint density at radius 1 is 0.853 bits per heavy atom. The van der Waals surface area contributed by atoms with Gasteiger partial charge in [0.25, 0.3) is 0 Å². The van der Waals surface area contributed by atoms with E-state index in [1.165, 1.54) is 11.1 Å². The van der Waals surface area contributed by atoms with Crippen molar-refractivity contribution in [1.29, 1.82) is 0 Å². The number of aryl methyl sites for hydroxylation is 3. The van der Waals surface area contributed by atoms with Gasteiger partial charge >= 0.3 is 18.1 Å². The molecule has 0 aliphatic rings. The minimum atomic E-state index is -5.08. The Hall–Kier alpha value is -4.14. The molecule has 0 unspecified atom stereocenters. The van der Waals surface area contributed by atoms with Crippen molar-refractivity contribution in [2.24, 2.45) is 0 Å². The van der Waals surface area contributed by atoms with Crippen molar-refractivity contribution in [3.8, 4) is 22.3 Å². The normalized spacial score (nSPS) is 11.1. The zero-order chi connectivity index (χ0) is 25.2. The predicted octanol–water partition coefficient (Wildman–Crippen LogP) is 6.15. The van der Waals surface area contributed by atoms with E-state index >= 15 is 0 Å². The number of fused-ring (bicyclic) bond motifs is 1. The van der Waals surface area contributed by atoms with Crippen LogP contribution in [0, 0.1) is 20.8 Å². The number of hydrogen-bond donors (Lipinski definition) is 3. The van der Waals surface area contributed by atoms with Crippen LogP contribution in [0.3, 0.4) is 0 Å². The maximum Gasteiger partial charge on any atom is 0.490 e. The van der Waals surface area contributed by atoms with Crippen LogP contribution < -0.4 is 0 Å². The van der Waals surface area contributed by atoms with E-state index in [0.717, 1.165) is 38.9 Å². The molecular weight excluding hydrogens is 449 g/mol. The van der Waals surface area contributed by atoms with Gasteiger partial charge < -0.3 is 15.2 Å². The van der Waals surface area contributed by atoms with Gasteiger partial charge in [0, 0.05) is 28.9 Å². The zero-order valence-electron chi connectivity index (χ0n) is 18.5. The SMILES string of the molecule is Cc1ccc(-c2cnc3[nH]cc(-c4ccc(C(=O)O)c(C)c4)c3c2)cc1C.O=C(O)C(F)(F)F. The topological polar surface area (TPSA) is 103 Å². The van der Waals surface area contributed by atoms with Crippen molar-refractivity contribution in [3.63, 3.8) is 0 Å². The molecule has 0 aliphatic heterocycles. The Bertz CT molecular complexity index is 1390. The van der Waals surface area contributed by atoms with E-state index in [1.54, 1.807) is 6.07 Å². The molecule has 0 amide bonds. The van der Waals surface area contributed by atoms with Crippen LogP contribution in [0.4, 0.5) is 13.2 Å². The van der Waals surface area contributed by atoms with Crippen molar-refractivity contribution in [3.05, 3.63) is 77.1 Å². The summed E-state index contributed by atoms with van der Waals surface area (Å²) >= 11 is 0. The molecule has 9 heteroatoms. The number of carbonyl (C=O) groups is 2. The van der Waals surface area contributed by atoms with Crippen LogP contribution in [-0.2, 0) is 4.79 Å². The van der Waals surface area contributed by atoms with Gasteiger partial charge in [-0.1, -0.05) is 30.3 Å².